The lowest BCUT2D eigenvalue weighted by atomic mass is 9.96. The topological polar surface area (TPSA) is 75.7 Å². The van der Waals surface area contributed by atoms with Crippen molar-refractivity contribution >= 4 is 35.2 Å². The molecule has 0 radical (unpaired) electrons. The molecule has 0 spiro atoms. The fraction of sp³-hybridized carbons (Fsp3) is 0.190. The maximum atomic E-state index is 12.7. The van der Waals surface area contributed by atoms with Crippen LogP contribution in [0.3, 0.4) is 0 Å². The number of esters is 1. The minimum absolute atomic E-state index is 0.301. The van der Waals surface area contributed by atoms with Crippen molar-refractivity contribution < 1.29 is 19.1 Å². The number of nitrogens with one attached hydrogen (secondary N) is 1. The second kappa shape index (κ2) is 7.45. The summed E-state index contributed by atoms with van der Waals surface area (Å²) in [7, 11) is 0. The van der Waals surface area contributed by atoms with Crippen molar-refractivity contribution in [3.05, 3.63) is 66.2 Å². The summed E-state index contributed by atoms with van der Waals surface area (Å²) in [4.78, 5) is 38.4. The number of nitrogens with zero attached hydrogens (tertiary/aromatic N) is 1. The zero-order valence-corrected chi connectivity index (χ0v) is 15.1. The van der Waals surface area contributed by atoms with Crippen LogP contribution in [0.4, 0.5) is 11.4 Å². The van der Waals surface area contributed by atoms with Crippen LogP contribution in [0, 0.1) is 0 Å². The Morgan fingerprint density at radius 3 is 2.48 bits per heavy atom. The summed E-state index contributed by atoms with van der Waals surface area (Å²) in [6.07, 6.45) is 2.88. The molecule has 1 aliphatic heterocycles. The van der Waals surface area contributed by atoms with E-state index in [-0.39, 0.29) is 5.91 Å². The number of para-hydroxylation sites is 2. The Balaban J connectivity index is 1.71. The second-order valence-corrected chi connectivity index (χ2v) is 6.61. The van der Waals surface area contributed by atoms with E-state index in [0.717, 1.165) is 5.56 Å². The summed E-state index contributed by atoms with van der Waals surface area (Å²) >= 11 is 0. The lowest BCUT2D eigenvalue weighted by Gasteiger charge is -2.41. The highest BCUT2D eigenvalue weighted by Gasteiger charge is 2.43. The van der Waals surface area contributed by atoms with Crippen LogP contribution in [0.1, 0.15) is 19.4 Å². The summed E-state index contributed by atoms with van der Waals surface area (Å²) in [5, 5.41) is 2.79. The number of carbonyl (C=O) groups is 3. The van der Waals surface area contributed by atoms with Gasteiger partial charge >= 0.3 is 5.97 Å². The van der Waals surface area contributed by atoms with Crippen LogP contribution in [0.5, 0.6) is 0 Å². The first kappa shape index (κ1) is 18.4. The zero-order valence-electron chi connectivity index (χ0n) is 15.1. The van der Waals surface area contributed by atoms with Crippen molar-refractivity contribution in [3.63, 3.8) is 0 Å². The number of anilines is 2. The maximum absolute atomic E-state index is 12.7. The Morgan fingerprint density at radius 2 is 1.74 bits per heavy atom. The van der Waals surface area contributed by atoms with Gasteiger partial charge in [-0.15, -0.1) is 0 Å². The molecule has 3 rings (SSSR count). The fourth-order valence-corrected chi connectivity index (χ4v) is 2.87. The van der Waals surface area contributed by atoms with E-state index in [1.807, 2.05) is 30.3 Å². The van der Waals surface area contributed by atoms with E-state index in [2.05, 4.69) is 5.32 Å². The Kier molecular flexibility index (Phi) is 5.07. The van der Waals surface area contributed by atoms with Crippen LogP contribution in [-0.2, 0) is 19.1 Å². The molecule has 0 unspecified atom stereocenters. The van der Waals surface area contributed by atoms with Crippen LogP contribution >= 0.6 is 0 Å². The molecule has 0 fully saturated rings. The second-order valence-electron chi connectivity index (χ2n) is 6.61. The molecule has 1 heterocycles. The standard InChI is InChI=1S/C21H20N2O4/c1-21(2)20(26)22-16-10-6-7-11-17(16)23(21)18(24)14-27-19(25)13-12-15-8-4-3-5-9-15/h3-13H,14H2,1-2H3,(H,22,26)/b13-12+. The zero-order chi connectivity index (χ0) is 19.4. The first-order chi connectivity index (χ1) is 12.9. The van der Waals surface area contributed by atoms with Gasteiger partial charge in [-0.25, -0.2) is 4.79 Å². The first-order valence-corrected chi connectivity index (χ1v) is 8.53. The summed E-state index contributed by atoms with van der Waals surface area (Å²) in [5.41, 5.74) is 0.870. The third-order valence-electron chi connectivity index (χ3n) is 4.31. The van der Waals surface area contributed by atoms with Gasteiger partial charge in [0.1, 0.15) is 5.54 Å². The smallest absolute Gasteiger partial charge is 0.331 e. The van der Waals surface area contributed by atoms with Gasteiger partial charge in [0, 0.05) is 6.08 Å². The fourth-order valence-electron chi connectivity index (χ4n) is 2.87. The van der Waals surface area contributed by atoms with Gasteiger partial charge in [-0.3, -0.25) is 14.5 Å². The molecule has 1 aliphatic rings. The highest BCUT2D eigenvalue weighted by Crippen LogP contribution is 2.36. The molecule has 6 nitrogen and oxygen atoms in total. The van der Waals surface area contributed by atoms with Crippen molar-refractivity contribution in [1.29, 1.82) is 0 Å². The number of hydrogen-bond donors (Lipinski definition) is 1. The number of rotatable bonds is 4. The number of ether oxygens (including phenoxy) is 1. The maximum Gasteiger partial charge on any atom is 0.331 e. The van der Waals surface area contributed by atoms with Gasteiger partial charge in [0.2, 0.25) is 5.91 Å². The monoisotopic (exact) mass is 364 g/mol. The molecule has 6 heteroatoms. The Hall–Kier alpha value is -3.41. The molecule has 0 aromatic heterocycles. The average Bonchev–Trinajstić information content (AvgIpc) is 2.66. The number of fused-ring (bicyclic) bond motifs is 1. The van der Waals surface area contributed by atoms with E-state index in [4.69, 9.17) is 4.74 Å². The summed E-state index contributed by atoms with van der Waals surface area (Å²) in [6.45, 7) is 2.84. The molecule has 1 N–H and O–H groups in total. The minimum atomic E-state index is -1.10. The van der Waals surface area contributed by atoms with Crippen molar-refractivity contribution in [2.45, 2.75) is 19.4 Å². The summed E-state index contributed by atoms with van der Waals surface area (Å²) in [5.74, 6) is -1.40. The number of hydrogen-bond acceptors (Lipinski definition) is 4. The minimum Gasteiger partial charge on any atom is -0.452 e. The van der Waals surface area contributed by atoms with E-state index < -0.39 is 24.0 Å². The molecular formula is C21H20N2O4. The average molecular weight is 364 g/mol. The molecule has 0 atom stereocenters. The van der Waals surface area contributed by atoms with E-state index in [1.54, 1.807) is 44.2 Å². The third-order valence-corrected chi connectivity index (χ3v) is 4.31. The SMILES string of the molecule is CC1(C)C(=O)Nc2ccccc2N1C(=O)COC(=O)/C=C/c1ccccc1. The molecule has 138 valence electrons. The summed E-state index contributed by atoms with van der Waals surface area (Å²) < 4.78 is 5.07. The predicted octanol–water partition coefficient (Wildman–Crippen LogP) is 3.01. The number of carbonyl (C=O) groups excluding carboxylic acids is 3. The largest absolute Gasteiger partial charge is 0.452 e. The van der Waals surface area contributed by atoms with Crippen molar-refractivity contribution in [1.82, 2.24) is 0 Å². The quantitative estimate of drug-likeness (QED) is 0.668. The molecule has 0 bridgehead atoms. The first-order valence-electron chi connectivity index (χ1n) is 8.53. The molecule has 0 saturated heterocycles. The van der Waals surface area contributed by atoms with Gasteiger partial charge in [-0.2, -0.15) is 0 Å². The van der Waals surface area contributed by atoms with E-state index in [0.29, 0.717) is 11.4 Å². The van der Waals surface area contributed by atoms with Crippen LogP contribution in [-0.4, -0.2) is 29.9 Å². The van der Waals surface area contributed by atoms with Crippen molar-refractivity contribution in [3.8, 4) is 0 Å². The molecule has 0 saturated carbocycles. The lowest BCUT2D eigenvalue weighted by Crippen LogP contribution is -2.59. The number of amides is 2. The number of benzene rings is 2. The van der Waals surface area contributed by atoms with Crippen LogP contribution in [0.25, 0.3) is 6.08 Å². The van der Waals surface area contributed by atoms with Crippen molar-refractivity contribution in [2.75, 3.05) is 16.8 Å². The normalized spacial score (nSPS) is 15.2. The molecule has 0 aliphatic carbocycles. The molecule has 2 aromatic rings. The van der Waals surface area contributed by atoms with Crippen molar-refractivity contribution in [2.24, 2.45) is 0 Å². The molecule has 27 heavy (non-hydrogen) atoms. The van der Waals surface area contributed by atoms with Gasteiger partial charge in [-0.05, 0) is 37.6 Å². The van der Waals surface area contributed by atoms with Crippen LogP contribution in [0.2, 0.25) is 0 Å². The Morgan fingerprint density at radius 1 is 1.07 bits per heavy atom. The highest BCUT2D eigenvalue weighted by molar-refractivity contribution is 6.14. The van der Waals surface area contributed by atoms with Gasteiger partial charge in [0.15, 0.2) is 6.61 Å². The van der Waals surface area contributed by atoms with Gasteiger partial charge in [0.05, 0.1) is 11.4 Å². The highest BCUT2D eigenvalue weighted by atomic mass is 16.5. The molecule has 2 aromatic carbocycles. The Labute approximate surface area is 157 Å². The van der Waals surface area contributed by atoms with Gasteiger partial charge in [0.25, 0.3) is 5.91 Å². The summed E-state index contributed by atoms with van der Waals surface area (Å²) in [6, 6.07) is 16.3. The third kappa shape index (κ3) is 3.89. The van der Waals surface area contributed by atoms with E-state index in [1.165, 1.54) is 11.0 Å². The molecular weight excluding hydrogens is 344 g/mol. The lowest BCUT2D eigenvalue weighted by molar-refractivity contribution is -0.143. The molecule has 2 amide bonds. The predicted molar refractivity (Wildman–Crippen MR) is 103 cm³/mol. The van der Waals surface area contributed by atoms with Gasteiger partial charge in [-0.1, -0.05) is 42.5 Å². The Bertz CT molecular complexity index is 903. The van der Waals surface area contributed by atoms with E-state index in [9.17, 15) is 14.4 Å². The van der Waals surface area contributed by atoms with Crippen LogP contribution in [0.15, 0.2) is 60.7 Å². The van der Waals surface area contributed by atoms with Gasteiger partial charge < -0.3 is 10.1 Å². The van der Waals surface area contributed by atoms with Crippen LogP contribution < -0.4 is 10.2 Å². The van der Waals surface area contributed by atoms with E-state index >= 15 is 0 Å².